The maximum absolute atomic E-state index is 12.3. The molecule has 4 rings (SSSR count). The van der Waals surface area contributed by atoms with E-state index in [0.717, 1.165) is 55.1 Å². The predicted octanol–water partition coefficient (Wildman–Crippen LogP) is 5.32. The fourth-order valence-electron chi connectivity index (χ4n) is 4.56. The van der Waals surface area contributed by atoms with E-state index < -0.39 is 0 Å². The number of ether oxygens (including phenoxy) is 2. The molecule has 0 unspecified atom stereocenters. The third kappa shape index (κ3) is 5.97. The molecule has 1 fully saturated rings. The lowest BCUT2D eigenvalue weighted by Crippen LogP contribution is -2.32. The molecule has 1 aliphatic rings. The van der Waals surface area contributed by atoms with Crippen molar-refractivity contribution in [3.63, 3.8) is 0 Å². The number of carbonyl (C=O) groups excluding carboxylic acids is 1. The maximum Gasteiger partial charge on any atom is 0.251 e. The van der Waals surface area contributed by atoms with Crippen LogP contribution in [0.2, 0.25) is 0 Å². The molecular formula is C29H34N2O3. The lowest BCUT2D eigenvalue weighted by molar-refractivity contribution is 0.0951. The van der Waals surface area contributed by atoms with E-state index in [-0.39, 0.29) is 5.91 Å². The number of hydrogen-bond acceptors (Lipinski definition) is 4. The third-order valence-corrected chi connectivity index (χ3v) is 6.66. The van der Waals surface area contributed by atoms with Crippen molar-refractivity contribution in [2.45, 2.75) is 38.8 Å². The molecule has 5 heteroatoms. The molecule has 0 radical (unpaired) electrons. The minimum absolute atomic E-state index is 0.0362. The Hall–Kier alpha value is -3.31. The first kappa shape index (κ1) is 23.8. The van der Waals surface area contributed by atoms with Gasteiger partial charge < -0.3 is 14.8 Å². The summed E-state index contributed by atoms with van der Waals surface area (Å²) in [4.78, 5) is 14.9. The number of hydrogen-bond donors (Lipinski definition) is 1. The molecule has 1 aliphatic heterocycles. The molecule has 34 heavy (non-hydrogen) atoms. The van der Waals surface area contributed by atoms with Crippen LogP contribution in [0.25, 0.3) is 0 Å². The summed E-state index contributed by atoms with van der Waals surface area (Å²) in [5.74, 6) is 2.09. The van der Waals surface area contributed by atoms with Gasteiger partial charge in [0.15, 0.2) is 11.5 Å². The molecule has 3 aromatic rings. The van der Waals surface area contributed by atoms with Crippen molar-refractivity contribution >= 4 is 5.91 Å². The highest BCUT2D eigenvalue weighted by molar-refractivity contribution is 5.94. The summed E-state index contributed by atoms with van der Waals surface area (Å²) < 4.78 is 10.8. The first-order valence-corrected chi connectivity index (χ1v) is 11.9. The zero-order valence-electron chi connectivity index (χ0n) is 20.3. The SMILES string of the molecule is COc1ccc(CN2CCC(c3ccc(CNC(=O)c4ccc(C)cc4)cc3)CC2)cc1OC. The molecule has 0 spiro atoms. The van der Waals surface area contributed by atoms with Crippen LogP contribution in [0.1, 0.15) is 51.4 Å². The standard InChI is InChI=1S/C29H34N2O3/c1-21-4-9-26(10-5-21)29(32)30-19-22-6-11-24(12-7-22)25-14-16-31(17-15-25)20-23-8-13-27(33-2)28(18-23)34-3/h4-13,18,25H,14-17,19-20H2,1-3H3,(H,30,32). The smallest absolute Gasteiger partial charge is 0.251 e. The molecule has 1 heterocycles. The van der Waals surface area contributed by atoms with Crippen molar-refractivity contribution in [2.24, 2.45) is 0 Å². The summed E-state index contributed by atoms with van der Waals surface area (Å²) in [5, 5.41) is 3.02. The van der Waals surface area contributed by atoms with Gasteiger partial charge in [0.1, 0.15) is 0 Å². The second kappa shape index (κ2) is 11.2. The number of methoxy groups -OCH3 is 2. The van der Waals surface area contributed by atoms with Gasteiger partial charge in [-0.15, -0.1) is 0 Å². The normalized spacial score (nSPS) is 14.6. The van der Waals surface area contributed by atoms with Gasteiger partial charge in [-0.2, -0.15) is 0 Å². The summed E-state index contributed by atoms with van der Waals surface area (Å²) in [7, 11) is 3.34. The van der Waals surface area contributed by atoms with Crippen molar-refractivity contribution in [3.8, 4) is 11.5 Å². The number of nitrogens with one attached hydrogen (secondary N) is 1. The highest BCUT2D eigenvalue weighted by Gasteiger charge is 2.21. The zero-order chi connectivity index (χ0) is 23.9. The second-order valence-electron chi connectivity index (χ2n) is 9.03. The molecule has 178 valence electrons. The van der Waals surface area contributed by atoms with Gasteiger partial charge in [0, 0.05) is 18.7 Å². The van der Waals surface area contributed by atoms with Crippen LogP contribution in [0.15, 0.2) is 66.7 Å². The van der Waals surface area contributed by atoms with Crippen LogP contribution in [0, 0.1) is 6.92 Å². The van der Waals surface area contributed by atoms with E-state index in [2.05, 4.69) is 46.6 Å². The zero-order valence-corrected chi connectivity index (χ0v) is 20.3. The minimum atomic E-state index is -0.0362. The second-order valence-corrected chi connectivity index (χ2v) is 9.03. The summed E-state index contributed by atoms with van der Waals surface area (Å²) in [5.41, 5.74) is 5.60. The number of carbonyl (C=O) groups is 1. The predicted molar refractivity (Wildman–Crippen MR) is 136 cm³/mol. The van der Waals surface area contributed by atoms with E-state index in [1.807, 2.05) is 37.3 Å². The van der Waals surface area contributed by atoms with E-state index in [4.69, 9.17) is 9.47 Å². The van der Waals surface area contributed by atoms with Crippen molar-refractivity contribution in [2.75, 3.05) is 27.3 Å². The van der Waals surface area contributed by atoms with Gasteiger partial charge in [-0.1, -0.05) is 48.0 Å². The first-order chi connectivity index (χ1) is 16.6. The Bertz CT molecular complexity index is 1090. The molecule has 1 saturated heterocycles. The van der Waals surface area contributed by atoms with Crippen LogP contribution >= 0.6 is 0 Å². The number of amides is 1. The molecule has 3 aromatic carbocycles. The molecule has 0 saturated carbocycles. The van der Waals surface area contributed by atoms with Crippen LogP contribution in [-0.4, -0.2) is 38.1 Å². The van der Waals surface area contributed by atoms with E-state index in [1.165, 1.54) is 11.1 Å². The van der Waals surface area contributed by atoms with Crippen LogP contribution < -0.4 is 14.8 Å². The Balaban J connectivity index is 1.26. The first-order valence-electron chi connectivity index (χ1n) is 11.9. The van der Waals surface area contributed by atoms with E-state index in [9.17, 15) is 4.79 Å². The quantitative estimate of drug-likeness (QED) is 0.496. The van der Waals surface area contributed by atoms with Gasteiger partial charge in [0.25, 0.3) is 5.91 Å². The average molecular weight is 459 g/mol. The van der Waals surface area contributed by atoms with Crippen LogP contribution in [0.5, 0.6) is 11.5 Å². The Morgan fingerprint density at radius 3 is 2.18 bits per heavy atom. The Kier molecular flexibility index (Phi) is 7.86. The molecule has 1 amide bonds. The third-order valence-electron chi connectivity index (χ3n) is 6.66. The Morgan fingerprint density at radius 2 is 1.53 bits per heavy atom. The fraction of sp³-hybridized carbons (Fsp3) is 0.345. The van der Waals surface area contributed by atoms with E-state index in [1.54, 1.807) is 14.2 Å². The van der Waals surface area contributed by atoms with E-state index in [0.29, 0.717) is 18.0 Å². The topological polar surface area (TPSA) is 50.8 Å². The average Bonchev–Trinajstić information content (AvgIpc) is 2.88. The minimum Gasteiger partial charge on any atom is -0.493 e. The number of benzene rings is 3. The van der Waals surface area contributed by atoms with Gasteiger partial charge >= 0.3 is 0 Å². The van der Waals surface area contributed by atoms with Crippen LogP contribution in [0.3, 0.4) is 0 Å². The van der Waals surface area contributed by atoms with Gasteiger partial charge in [-0.05, 0) is 79.7 Å². The largest absolute Gasteiger partial charge is 0.493 e. The number of nitrogens with zero attached hydrogens (tertiary/aromatic N) is 1. The lowest BCUT2D eigenvalue weighted by Gasteiger charge is -2.32. The maximum atomic E-state index is 12.3. The summed E-state index contributed by atoms with van der Waals surface area (Å²) in [6.07, 6.45) is 2.30. The van der Waals surface area contributed by atoms with Crippen molar-refractivity contribution in [3.05, 3.63) is 94.5 Å². The van der Waals surface area contributed by atoms with Crippen LogP contribution in [0.4, 0.5) is 0 Å². The molecule has 0 bridgehead atoms. The number of rotatable bonds is 8. The summed E-state index contributed by atoms with van der Waals surface area (Å²) in [6, 6.07) is 22.5. The van der Waals surface area contributed by atoms with Crippen molar-refractivity contribution < 1.29 is 14.3 Å². The lowest BCUT2D eigenvalue weighted by atomic mass is 9.89. The molecule has 0 atom stereocenters. The Labute approximate surface area is 202 Å². The van der Waals surface area contributed by atoms with E-state index >= 15 is 0 Å². The highest BCUT2D eigenvalue weighted by Crippen LogP contribution is 2.31. The molecular weight excluding hydrogens is 424 g/mol. The highest BCUT2D eigenvalue weighted by atomic mass is 16.5. The van der Waals surface area contributed by atoms with Crippen LogP contribution in [-0.2, 0) is 13.1 Å². The van der Waals surface area contributed by atoms with Gasteiger partial charge in [-0.25, -0.2) is 0 Å². The molecule has 5 nitrogen and oxygen atoms in total. The molecule has 0 aromatic heterocycles. The number of piperidine rings is 1. The van der Waals surface area contributed by atoms with Crippen molar-refractivity contribution in [1.82, 2.24) is 10.2 Å². The van der Waals surface area contributed by atoms with Gasteiger partial charge in [0.2, 0.25) is 0 Å². The Morgan fingerprint density at radius 1 is 0.882 bits per heavy atom. The van der Waals surface area contributed by atoms with Gasteiger partial charge in [-0.3, -0.25) is 9.69 Å². The summed E-state index contributed by atoms with van der Waals surface area (Å²) >= 11 is 0. The van der Waals surface area contributed by atoms with Crippen molar-refractivity contribution in [1.29, 1.82) is 0 Å². The molecule has 0 aliphatic carbocycles. The fourth-order valence-corrected chi connectivity index (χ4v) is 4.56. The number of likely N-dealkylation sites (tertiary alicyclic amines) is 1. The summed E-state index contributed by atoms with van der Waals surface area (Å²) in [6.45, 7) is 5.63. The number of aryl methyl sites for hydroxylation is 1. The van der Waals surface area contributed by atoms with Gasteiger partial charge in [0.05, 0.1) is 14.2 Å². The molecule has 1 N–H and O–H groups in total. The monoisotopic (exact) mass is 458 g/mol.